The third-order valence-electron chi connectivity index (χ3n) is 5.34. The molecule has 1 amide bonds. The Kier molecular flexibility index (Phi) is 7.48. The second kappa shape index (κ2) is 10.9. The van der Waals surface area contributed by atoms with Crippen molar-refractivity contribution in [2.45, 2.75) is 24.9 Å². The van der Waals surface area contributed by atoms with Crippen molar-refractivity contribution in [3.63, 3.8) is 0 Å². The average molecular weight is 447 g/mol. The molecule has 1 unspecified atom stereocenters. The Labute approximate surface area is 193 Å². The Morgan fingerprint density at radius 3 is 2.16 bits per heavy atom. The van der Waals surface area contributed by atoms with E-state index >= 15 is 0 Å². The summed E-state index contributed by atoms with van der Waals surface area (Å²) in [5, 5.41) is 6.16. The van der Waals surface area contributed by atoms with E-state index in [9.17, 15) is 4.79 Å². The van der Waals surface area contributed by atoms with E-state index in [0.717, 1.165) is 42.0 Å². The van der Waals surface area contributed by atoms with Crippen LogP contribution in [0.5, 0.6) is 5.75 Å². The molecule has 6 heteroatoms. The number of hydrogen-bond donors (Lipinski definition) is 2. The van der Waals surface area contributed by atoms with Gasteiger partial charge in [-0.3, -0.25) is 4.79 Å². The van der Waals surface area contributed by atoms with Crippen LogP contribution in [0.15, 0.2) is 84.9 Å². The zero-order valence-corrected chi connectivity index (χ0v) is 18.5. The first-order chi connectivity index (χ1) is 15.7. The molecule has 0 aliphatic carbocycles. The van der Waals surface area contributed by atoms with Crippen LogP contribution in [0.3, 0.4) is 0 Å². The van der Waals surface area contributed by atoms with Crippen molar-refractivity contribution in [3.05, 3.63) is 96.1 Å². The molecule has 0 saturated carbocycles. The van der Waals surface area contributed by atoms with Crippen molar-refractivity contribution in [2.24, 2.45) is 0 Å². The van der Waals surface area contributed by atoms with E-state index in [1.165, 1.54) is 0 Å². The molecular formula is C26H26N2O3S. The van der Waals surface area contributed by atoms with Crippen LogP contribution in [0.1, 0.15) is 29.9 Å². The molecule has 0 aromatic heterocycles. The molecule has 4 rings (SSSR count). The number of hydrogen-bond acceptors (Lipinski definition) is 4. The lowest BCUT2D eigenvalue weighted by Crippen LogP contribution is -2.37. The van der Waals surface area contributed by atoms with E-state index in [1.807, 2.05) is 84.9 Å². The molecule has 32 heavy (non-hydrogen) atoms. The zero-order chi connectivity index (χ0) is 22.2. The van der Waals surface area contributed by atoms with Crippen LogP contribution in [0.4, 0.5) is 5.69 Å². The highest BCUT2D eigenvalue weighted by molar-refractivity contribution is 7.80. The van der Waals surface area contributed by atoms with Crippen molar-refractivity contribution in [1.29, 1.82) is 0 Å². The van der Waals surface area contributed by atoms with Gasteiger partial charge in [0.1, 0.15) is 12.4 Å². The lowest BCUT2D eigenvalue weighted by molar-refractivity contribution is -0.120. The number of ether oxygens (including phenoxy) is 2. The van der Waals surface area contributed by atoms with Gasteiger partial charge in [-0.05, 0) is 60.5 Å². The van der Waals surface area contributed by atoms with Gasteiger partial charge in [0.15, 0.2) is 5.11 Å². The van der Waals surface area contributed by atoms with Crippen molar-refractivity contribution in [3.8, 4) is 5.75 Å². The molecule has 1 atom stereocenters. The molecule has 1 saturated heterocycles. The molecule has 1 aliphatic rings. The van der Waals surface area contributed by atoms with E-state index in [2.05, 4.69) is 10.6 Å². The van der Waals surface area contributed by atoms with Gasteiger partial charge in [-0.2, -0.15) is 0 Å². The number of anilines is 1. The second-order valence-corrected chi connectivity index (χ2v) is 8.08. The number of carbonyl (C=O) groups excluding carboxylic acids is 1. The predicted octanol–water partition coefficient (Wildman–Crippen LogP) is 4.89. The van der Waals surface area contributed by atoms with Crippen LogP contribution >= 0.6 is 12.2 Å². The second-order valence-electron chi connectivity index (χ2n) is 7.67. The molecule has 3 aromatic rings. The maximum Gasteiger partial charge on any atom is 0.238 e. The van der Waals surface area contributed by atoms with Gasteiger partial charge in [0, 0.05) is 12.3 Å². The highest BCUT2D eigenvalue weighted by atomic mass is 32.1. The van der Waals surface area contributed by atoms with Crippen molar-refractivity contribution in [1.82, 2.24) is 5.32 Å². The summed E-state index contributed by atoms with van der Waals surface area (Å²) in [5.41, 5.74) is 2.59. The largest absolute Gasteiger partial charge is 0.491 e. The summed E-state index contributed by atoms with van der Waals surface area (Å²) in [6, 6.07) is 26.9. The number of thiocarbonyl (C=S) groups is 1. The van der Waals surface area contributed by atoms with Crippen molar-refractivity contribution >= 4 is 28.9 Å². The molecule has 1 aliphatic heterocycles. The summed E-state index contributed by atoms with van der Waals surface area (Å²) in [5.74, 6) is 0.136. The van der Waals surface area contributed by atoms with Gasteiger partial charge in [0.05, 0.1) is 12.0 Å². The molecular weight excluding hydrogens is 420 g/mol. The first-order valence-corrected chi connectivity index (χ1v) is 11.2. The smallest absolute Gasteiger partial charge is 0.238 e. The van der Waals surface area contributed by atoms with Crippen LogP contribution in [-0.2, 0) is 9.53 Å². The normalized spacial score (nSPS) is 15.3. The zero-order valence-electron chi connectivity index (χ0n) is 17.7. The fourth-order valence-electron chi connectivity index (χ4n) is 3.73. The average Bonchev–Trinajstić information content (AvgIpc) is 3.34. The lowest BCUT2D eigenvalue weighted by atomic mass is 9.90. The number of carbonyl (C=O) groups is 1. The lowest BCUT2D eigenvalue weighted by Gasteiger charge is -2.19. The fraction of sp³-hybridized carbons (Fsp3) is 0.231. The summed E-state index contributed by atoms with van der Waals surface area (Å²) in [4.78, 5) is 13.1. The van der Waals surface area contributed by atoms with Gasteiger partial charge in [-0.15, -0.1) is 0 Å². The highest BCUT2D eigenvalue weighted by Gasteiger charge is 2.23. The van der Waals surface area contributed by atoms with Gasteiger partial charge in [-0.25, -0.2) is 0 Å². The van der Waals surface area contributed by atoms with E-state index in [1.54, 1.807) is 0 Å². The number of rotatable bonds is 7. The van der Waals surface area contributed by atoms with Crippen molar-refractivity contribution in [2.75, 3.05) is 18.5 Å². The van der Waals surface area contributed by atoms with Crippen LogP contribution in [-0.4, -0.2) is 30.3 Å². The minimum Gasteiger partial charge on any atom is -0.491 e. The minimum atomic E-state index is -0.453. The summed E-state index contributed by atoms with van der Waals surface area (Å²) >= 11 is 5.40. The first kappa shape index (κ1) is 22.0. The van der Waals surface area contributed by atoms with Gasteiger partial charge >= 0.3 is 0 Å². The quantitative estimate of drug-likeness (QED) is 0.506. The first-order valence-electron chi connectivity index (χ1n) is 10.8. The maximum atomic E-state index is 13.1. The van der Waals surface area contributed by atoms with Crippen LogP contribution < -0.4 is 15.4 Å². The third kappa shape index (κ3) is 5.93. The Morgan fingerprint density at radius 2 is 1.59 bits per heavy atom. The standard InChI is InChI=1S/C26H26N2O3S/c29-25(24(19-8-3-1-4-9-19)20-10-5-2-6-11-20)28-26(32)27-21-13-15-22(16-14-21)31-18-23-12-7-17-30-23/h1-6,8-11,13-16,23-24H,7,12,17-18H2,(H2,27,28,29,32). The Morgan fingerprint density at radius 1 is 0.969 bits per heavy atom. The van der Waals surface area contributed by atoms with E-state index in [4.69, 9.17) is 21.7 Å². The van der Waals surface area contributed by atoms with Gasteiger partial charge < -0.3 is 20.1 Å². The molecule has 164 valence electrons. The predicted molar refractivity (Wildman–Crippen MR) is 130 cm³/mol. The third-order valence-corrected chi connectivity index (χ3v) is 5.54. The molecule has 3 aromatic carbocycles. The van der Waals surface area contributed by atoms with Crippen LogP contribution in [0.25, 0.3) is 0 Å². The van der Waals surface area contributed by atoms with Crippen LogP contribution in [0, 0.1) is 0 Å². The molecule has 1 fully saturated rings. The van der Waals surface area contributed by atoms with Crippen LogP contribution in [0.2, 0.25) is 0 Å². The van der Waals surface area contributed by atoms with E-state index in [0.29, 0.717) is 6.61 Å². The molecule has 0 bridgehead atoms. The number of amides is 1. The van der Waals surface area contributed by atoms with Crippen molar-refractivity contribution < 1.29 is 14.3 Å². The summed E-state index contributed by atoms with van der Waals surface area (Å²) < 4.78 is 11.4. The summed E-state index contributed by atoms with van der Waals surface area (Å²) in [6.07, 6.45) is 2.31. The molecule has 2 N–H and O–H groups in total. The maximum absolute atomic E-state index is 13.1. The van der Waals surface area contributed by atoms with Gasteiger partial charge in [0.25, 0.3) is 0 Å². The molecule has 1 heterocycles. The Bertz CT molecular complexity index is 980. The van der Waals surface area contributed by atoms with E-state index < -0.39 is 5.92 Å². The minimum absolute atomic E-state index is 0.178. The number of benzene rings is 3. The Hall–Kier alpha value is -3.22. The molecule has 0 spiro atoms. The SMILES string of the molecule is O=C(NC(=S)Nc1ccc(OCC2CCCO2)cc1)C(c1ccccc1)c1ccccc1. The highest BCUT2D eigenvalue weighted by Crippen LogP contribution is 2.25. The topological polar surface area (TPSA) is 59.6 Å². The van der Waals surface area contributed by atoms with Gasteiger partial charge in [-0.1, -0.05) is 60.7 Å². The fourth-order valence-corrected chi connectivity index (χ4v) is 3.95. The molecule has 0 radical (unpaired) electrons. The Balaban J connectivity index is 1.36. The molecule has 5 nitrogen and oxygen atoms in total. The summed E-state index contributed by atoms with van der Waals surface area (Å²) in [7, 11) is 0. The van der Waals surface area contributed by atoms with Gasteiger partial charge in [0.2, 0.25) is 5.91 Å². The monoisotopic (exact) mass is 446 g/mol. The number of nitrogens with one attached hydrogen (secondary N) is 2. The summed E-state index contributed by atoms with van der Waals surface area (Å²) in [6.45, 7) is 1.37. The van der Waals surface area contributed by atoms with E-state index in [-0.39, 0.29) is 17.1 Å².